The molecule has 18 heavy (non-hydrogen) atoms. The van der Waals surface area contributed by atoms with E-state index in [0.29, 0.717) is 6.04 Å². The number of rotatable bonds is 4. The summed E-state index contributed by atoms with van der Waals surface area (Å²) < 4.78 is 0. The molecule has 1 aliphatic rings. The summed E-state index contributed by atoms with van der Waals surface area (Å²) in [6, 6.07) is 9.26. The van der Waals surface area contributed by atoms with Gasteiger partial charge in [-0.3, -0.25) is 4.90 Å². The van der Waals surface area contributed by atoms with Crippen LogP contribution in [0.3, 0.4) is 0 Å². The van der Waals surface area contributed by atoms with Gasteiger partial charge in [-0.2, -0.15) is 0 Å². The van der Waals surface area contributed by atoms with E-state index in [1.165, 1.54) is 37.3 Å². The first kappa shape index (κ1) is 13.5. The number of hydrogen-bond acceptors (Lipinski definition) is 3. The van der Waals surface area contributed by atoms with Gasteiger partial charge in [0.05, 0.1) is 0 Å². The number of aryl methyl sites for hydroxylation is 1. The fourth-order valence-corrected chi connectivity index (χ4v) is 2.54. The lowest BCUT2D eigenvalue weighted by molar-refractivity contribution is 0.143. The summed E-state index contributed by atoms with van der Waals surface area (Å²) in [5.74, 6) is 0. The van der Waals surface area contributed by atoms with Gasteiger partial charge in [0.25, 0.3) is 0 Å². The first-order valence-electron chi connectivity index (χ1n) is 6.84. The van der Waals surface area contributed by atoms with Crippen molar-refractivity contribution in [1.82, 2.24) is 15.1 Å². The van der Waals surface area contributed by atoms with Gasteiger partial charge in [-0.1, -0.05) is 29.8 Å². The van der Waals surface area contributed by atoms with E-state index in [1.807, 2.05) is 0 Å². The highest BCUT2D eigenvalue weighted by molar-refractivity contribution is 5.25. The van der Waals surface area contributed by atoms with Crippen molar-refractivity contribution in [3.8, 4) is 0 Å². The molecule has 0 spiro atoms. The molecular formula is C15H25N3. The Morgan fingerprint density at radius 2 is 1.94 bits per heavy atom. The lowest BCUT2D eigenvalue weighted by atomic mass is 10.0. The Hall–Kier alpha value is -0.900. The predicted molar refractivity (Wildman–Crippen MR) is 76.9 cm³/mol. The fourth-order valence-electron chi connectivity index (χ4n) is 2.54. The van der Waals surface area contributed by atoms with E-state index in [-0.39, 0.29) is 0 Å². The van der Waals surface area contributed by atoms with Crippen molar-refractivity contribution in [2.45, 2.75) is 13.0 Å². The van der Waals surface area contributed by atoms with E-state index in [0.717, 1.165) is 6.54 Å². The Morgan fingerprint density at radius 3 is 2.56 bits per heavy atom. The Morgan fingerprint density at radius 1 is 1.22 bits per heavy atom. The summed E-state index contributed by atoms with van der Waals surface area (Å²) in [7, 11) is 4.26. The zero-order chi connectivity index (χ0) is 13.0. The van der Waals surface area contributed by atoms with Crippen LogP contribution in [0, 0.1) is 6.92 Å². The van der Waals surface area contributed by atoms with Crippen LogP contribution < -0.4 is 5.32 Å². The maximum atomic E-state index is 3.45. The minimum Gasteiger partial charge on any atom is -0.312 e. The van der Waals surface area contributed by atoms with Crippen molar-refractivity contribution >= 4 is 0 Å². The highest BCUT2D eigenvalue weighted by atomic mass is 15.3. The molecule has 1 unspecified atom stereocenters. The van der Waals surface area contributed by atoms with E-state index in [9.17, 15) is 0 Å². The lowest BCUT2D eigenvalue weighted by Crippen LogP contribution is -2.47. The van der Waals surface area contributed by atoms with E-state index in [1.54, 1.807) is 0 Å². The van der Waals surface area contributed by atoms with Gasteiger partial charge in [-0.15, -0.1) is 0 Å². The van der Waals surface area contributed by atoms with E-state index in [2.05, 4.69) is 60.4 Å². The third-order valence-corrected chi connectivity index (χ3v) is 3.83. The van der Waals surface area contributed by atoms with Crippen molar-refractivity contribution < 1.29 is 0 Å². The normalized spacial score (nSPS) is 19.9. The molecule has 1 heterocycles. The first-order chi connectivity index (χ1) is 8.69. The second kappa shape index (κ2) is 6.32. The van der Waals surface area contributed by atoms with Crippen LogP contribution in [0.4, 0.5) is 0 Å². The molecule has 100 valence electrons. The SMILES string of the molecule is CNC(CN1CCN(C)CC1)c1cccc(C)c1. The monoisotopic (exact) mass is 247 g/mol. The molecule has 3 heteroatoms. The van der Waals surface area contributed by atoms with E-state index >= 15 is 0 Å². The predicted octanol–water partition coefficient (Wildman–Crippen LogP) is 1.50. The average Bonchev–Trinajstić information content (AvgIpc) is 2.38. The Kier molecular flexibility index (Phi) is 4.75. The molecule has 0 saturated carbocycles. The molecule has 0 radical (unpaired) electrons. The molecule has 0 amide bonds. The number of nitrogens with one attached hydrogen (secondary N) is 1. The van der Waals surface area contributed by atoms with Crippen LogP contribution in [-0.2, 0) is 0 Å². The first-order valence-corrected chi connectivity index (χ1v) is 6.84. The van der Waals surface area contributed by atoms with Crippen molar-refractivity contribution in [2.75, 3.05) is 46.8 Å². The van der Waals surface area contributed by atoms with E-state index in [4.69, 9.17) is 0 Å². The highest BCUT2D eigenvalue weighted by Gasteiger charge is 2.18. The van der Waals surface area contributed by atoms with Crippen molar-refractivity contribution in [3.05, 3.63) is 35.4 Å². The zero-order valence-corrected chi connectivity index (χ0v) is 11.8. The molecule has 0 aliphatic carbocycles. The number of piperazine rings is 1. The maximum Gasteiger partial charge on any atom is 0.0446 e. The summed E-state index contributed by atoms with van der Waals surface area (Å²) in [4.78, 5) is 4.96. The number of nitrogens with zero attached hydrogens (tertiary/aromatic N) is 2. The third kappa shape index (κ3) is 3.55. The van der Waals surface area contributed by atoms with Gasteiger partial charge < -0.3 is 10.2 Å². The number of benzene rings is 1. The number of likely N-dealkylation sites (N-methyl/N-ethyl adjacent to an activating group) is 2. The molecule has 1 saturated heterocycles. The molecule has 1 fully saturated rings. The molecule has 3 nitrogen and oxygen atoms in total. The minimum absolute atomic E-state index is 0.438. The molecule has 1 N–H and O–H groups in total. The molecule has 0 aromatic heterocycles. The minimum atomic E-state index is 0.438. The lowest BCUT2D eigenvalue weighted by Gasteiger charge is -2.34. The van der Waals surface area contributed by atoms with Gasteiger partial charge in [-0.25, -0.2) is 0 Å². The smallest absolute Gasteiger partial charge is 0.0446 e. The summed E-state index contributed by atoms with van der Waals surface area (Å²) in [5.41, 5.74) is 2.74. The van der Waals surface area contributed by atoms with Crippen LogP contribution in [-0.4, -0.2) is 56.6 Å². The fraction of sp³-hybridized carbons (Fsp3) is 0.600. The largest absolute Gasteiger partial charge is 0.312 e. The van der Waals surface area contributed by atoms with Crippen molar-refractivity contribution in [3.63, 3.8) is 0 Å². The second-order valence-electron chi connectivity index (χ2n) is 5.36. The molecule has 1 aromatic carbocycles. The van der Waals surface area contributed by atoms with Crippen LogP contribution >= 0.6 is 0 Å². The summed E-state index contributed by atoms with van der Waals surface area (Å²) in [6.07, 6.45) is 0. The van der Waals surface area contributed by atoms with Gasteiger partial charge in [0.15, 0.2) is 0 Å². The zero-order valence-electron chi connectivity index (χ0n) is 11.8. The third-order valence-electron chi connectivity index (χ3n) is 3.83. The Labute approximate surface area is 111 Å². The van der Waals surface area contributed by atoms with Crippen LogP contribution in [0.5, 0.6) is 0 Å². The molecule has 2 rings (SSSR count). The topological polar surface area (TPSA) is 18.5 Å². The molecule has 1 aromatic rings. The summed E-state index contributed by atoms with van der Waals surface area (Å²) >= 11 is 0. The van der Waals surface area contributed by atoms with Gasteiger partial charge >= 0.3 is 0 Å². The van der Waals surface area contributed by atoms with Crippen LogP contribution in [0.15, 0.2) is 24.3 Å². The maximum absolute atomic E-state index is 3.45. The van der Waals surface area contributed by atoms with Crippen LogP contribution in [0.1, 0.15) is 17.2 Å². The van der Waals surface area contributed by atoms with Crippen molar-refractivity contribution in [1.29, 1.82) is 0 Å². The van der Waals surface area contributed by atoms with Gasteiger partial charge in [0.2, 0.25) is 0 Å². The second-order valence-corrected chi connectivity index (χ2v) is 5.36. The molecular weight excluding hydrogens is 222 g/mol. The van der Waals surface area contributed by atoms with Crippen LogP contribution in [0.25, 0.3) is 0 Å². The standard InChI is InChI=1S/C15H25N3/c1-13-5-4-6-14(11-13)15(16-2)12-18-9-7-17(3)8-10-18/h4-6,11,15-16H,7-10,12H2,1-3H3. The van der Waals surface area contributed by atoms with Gasteiger partial charge in [-0.05, 0) is 26.6 Å². The molecule has 1 atom stereocenters. The van der Waals surface area contributed by atoms with E-state index < -0.39 is 0 Å². The average molecular weight is 247 g/mol. The van der Waals surface area contributed by atoms with Gasteiger partial charge in [0.1, 0.15) is 0 Å². The van der Waals surface area contributed by atoms with Gasteiger partial charge in [0, 0.05) is 38.8 Å². The summed E-state index contributed by atoms with van der Waals surface area (Å²) in [5, 5.41) is 3.45. The quantitative estimate of drug-likeness (QED) is 0.870. The molecule has 0 bridgehead atoms. The highest BCUT2D eigenvalue weighted by Crippen LogP contribution is 2.16. The van der Waals surface area contributed by atoms with Crippen LogP contribution in [0.2, 0.25) is 0 Å². The Bertz CT molecular complexity index is 370. The Balaban J connectivity index is 1.97. The number of hydrogen-bond donors (Lipinski definition) is 1. The van der Waals surface area contributed by atoms with Crippen molar-refractivity contribution in [2.24, 2.45) is 0 Å². The summed E-state index contributed by atoms with van der Waals surface area (Å²) in [6.45, 7) is 8.00. The molecule has 1 aliphatic heterocycles.